The van der Waals surface area contributed by atoms with Crippen LogP contribution < -0.4 is 5.73 Å². The third kappa shape index (κ3) is 2.53. The van der Waals surface area contributed by atoms with Gasteiger partial charge in [0.2, 0.25) is 0 Å². The topological polar surface area (TPSA) is 64.8 Å². The third-order valence-electron chi connectivity index (χ3n) is 4.00. The predicted molar refractivity (Wildman–Crippen MR) is 68.1 cm³/mol. The van der Waals surface area contributed by atoms with Gasteiger partial charge in [0.05, 0.1) is 19.1 Å². The number of nitrogens with zero attached hydrogens (tertiary/aromatic N) is 1. The van der Waals surface area contributed by atoms with Gasteiger partial charge < -0.3 is 15.2 Å². The van der Waals surface area contributed by atoms with Gasteiger partial charge in [-0.2, -0.15) is 0 Å². The summed E-state index contributed by atoms with van der Waals surface area (Å²) in [5.74, 6) is 0.147. The lowest BCUT2D eigenvalue weighted by atomic mass is 9.74. The fraction of sp³-hybridized carbons (Fsp3) is 0.923. The van der Waals surface area contributed by atoms with E-state index in [2.05, 4.69) is 4.90 Å². The number of ether oxygens (including phenoxy) is 2. The van der Waals surface area contributed by atoms with Crippen LogP contribution in [0.2, 0.25) is 0 Å². The number of carbonyl (C=O) groups is 1. The molecule has 0 amide bonds. The van der Waals surface area contributed by atoms with Gasteiger partial charge in [-0.15, -0.1) is 0 Å². The van der Waals surface area contributed by atoms with Crippen LogP contribution in [0.25, 0.3) is 0 Å². The first-order valence-corrected chi connectivity index (χ1v) is 6.55. The molecule has 2 N–H and O–H groups in total. The second-order valence-electron chi connectivity index (χ2n) is 6.33. The Morgan fingerprint density at radius 3 is 2.94 bits per heavy atom. The number of methoxy groups -OCH3 is 1. The molecular weight excluding hydrogens is 232 g/mol. The zero-order valence-electron chi connectivity index (χ0n) is 11.6. The summed E-state index contributed by atoms with van der Waals surface area (Å²) in [4.78, 5) is 14.4. The normalized spacial score (nSPS) is 33.2. The number of likely N-dealkylation sites (tertiary alicyclic amines) is 1. The van der Waals surface area contributed by atoms with E-state index in [1.165, 1.54) is 7.11 Å². The van der Waals surface area contributed by atoms with Crippen molar-refractivity contribution in [2.24, 2.45) is 17.1 Å². The fourth-order valence-electron chi connectivity index (χ4n) is 3.29. The van der Waals surface area contributed by atoms with Crippen molar-refractivity contribution < 1.29 is 14.3 Å². The quantitative estimate of drug-likeness (QED) is 0.733. The lowest BCUT2D eigenvalue weighted by Crippen LogP contribution is -2.47. The maximum absolute atomic E-state index is 12.1. The summed E-state index contributed by atoms with van der Waals surface area (Å²) >= 11 is 0. The molecule has 0 aliphatic carbocycles. The molecule has 2 saturated heterocycles. The van der Waals surface area contributed by atoms with Gasteiger partial charge in [-0.25, -0.2) is 0 Å². The van der Waals surface area contributed by atoms with Gasteiger partial charge in [0.1, 0.15) is 0 Å². The van der Waals surface area contributed by atoms with Gasteiger partial charge in [0, 0.05) is 37.7 Å². The standard InChI is InChI=1S/C13H24N2O3/c1-12(2,14)8-15-6-10-7-18-5-4-13(10,9-15)11(16)17-3/h10H,4-9,14H2,1-3H3/t10-,13+/m0/s1. The molecule has 2 aliphatic heterocycles. The molecule has 18 heavy (non-hydrogen) atoms. The molecule has 2 fully saturated rings. The first-order chi connectivity index (χ1) is 8.37. The maximum Gasteiger partial charge on any atom is 0.313 e. The number of nitrogens with two attached hydrogens (primary N) is 1. The Morgan fingerprint density at radius 2 is 2.33 bits per heavy atom. The zero-order valence-corrected chi connectivity index (χ0v) is 11.6. The van der Waals surface area contributed by atoms with E-state index in [9.17, 15) is 4.79 Å². The number of hydrogen-bond acceptors (Lipinski definition) is 5. The first-order valence-electron chi connectivity index (χ1n) is 6.55. The van der Waals surface area contributed by atoms with Gasteiger partial charge in [0.25, 0.3) is 0 Å². The zero-order chi connectivity index (χ0) is 13.4. The van der Waals surface area contributed by atoms with Gasteiger partial charge in [-0.1, -0.05) is 0 Å². The molecule has 0 spiro atoms. The highest BCUT2D eigenvalue weighted by Crippen LogP contribution is 2.43. The summed E-state index contributed by atoms with van der Waals surface area (Å²) in [6.07, 6.45) is 0.756. The van der Waals surface area contributed by atoms with E-state index in [1.807, 2.05) is 13.8 Å². The third-order valence-corrected chi connectivity index (χ3v) is 4.00. The summed E-state index contributed by atoms with van der Waals surface area (Å²) < 4.78 is 10.5. The van der Waals surface area contributed by atoms with E-state index in [1.54, 1.807) is 0 Å². The SMILES string of the molecule is COC(=O)[C@@]12CCOC[C@@H]1CN(CC(C)(C)N)C2. The molecule has 0 saturated carbocycles. The second kappa shape index (κ2) is 4.79. The smallest absolute Gasteiger partial charge is 0.313 e. The highest BCUT2D eigenvalue weighted by Gasteiger charge is 2.54. The molecule has 2 aliphatic rings. The summed E-state index contributed by atoms with van der Waals surface area (Å²) in [6.45, 7) is 7.72. The Morgan fingerprint density at radius 1 is 1.61 bits per heavy atom. The summed E-state index contributed by atoms with van der Waals surface area (Å²) in [7, 11) is 1.47. The molecular formula is C13H24N2O3. The highest BCUT2D eigenvalue weighted by atomic mass is 16.5. The van der Waals surface area contributed by atoms with Crippen molar-refractivity contribution in [1.29, 1.82) is 0 Å². The van der Waals surface area contributed by atoms with Gasteiger partial charge in [0.15, 0.2) is 0 Å². The van der Waals surface area contributed by atoms with Crippen LogP contribution in [0.1, 0.15) is 20.3 Å². The van der Waals surface area contributed by atoms with Crippen molar-refractivity contribution in [3.8, 4) is 0 Å². The van der Waals surface area contributed by atoms with Gasteiger partial charge in [-0.05, 0) is 20.3 Å². The molecule has 104 valence electrons. The maximum atomic E-state index is 12.1. The summed E-state index contributed by atoms with van der Waals surface area (Å²) in [6, 6.07) is 0. The van der Waals surface area contributed by atoms with Crippen LogP contribution in [-0.4, -0.2) is 56.4 Å². The number of fused-ring (bicyclic) bond motifs is 1. The molecule has 5 nitrogen and oxygen atoms in total. The molecule has 2 rings (SSSR count). The largest absolute Gasteiger partial charge is 0.469 e. The van der Waals surface area contributed by atoms with Crippen LogP contribution in [0.15, 0.2) is 0 Å². The van der Waals surface area contributed by atoms with Crippen molar-refractivity contribution in [3.05, 3.63) is 0 Å². The minimum atomic E-state index is -0.377. The van der Waals surface area contributed by atoms with E-state index >= 15 is 0 Å². The van der Waals surface area contributed by atoms with Crippen molar-refractivity contribution in [1.82, 2.24) is 4.90 Å². The van der Waals surface area contributed by atoms with Crippen LogP contribution in [0.3, 0.4) is 0 Å². The molecule has 0 radical (unpaired) electrons. The van der Waals surface area contributed by atoms with E-state index in [-0.39, 0.29) is 22.8 Å². The number of rotatable bonds is 3. The van der Waals surface area contributed by atoms with Crippen LogP contribution >= 0.6 is 0 Å². The lowest BCUT2D eigenvalue weighted by Gasteiger charge is -2.35. The Hall–Kier alpha value is -0.650. The predicted octanol–water partition coefficient (Wildman–Crippen LogP) is 0.235. The number of esters is 1. The summed E-state index contributed by atoms with van der Waals surface area (Å²) in [5, 5.41) is 0. The van der Waals surface area contributed by atoms with Crippen molar-refractivity contribution >= 4 is 5.97 Å². The van der Waals surface area contributed by atoms with E-state index in [4.69, 9.17) is 15.2 Å². The molecule has 0 unspecified atom stereocenters. The fourth-order valence-corrected chi connectivity index (χ4v) is 3.29. The van der Waals surface area contributed by atoms with Gasteiger partial charge >= 0.3 is 5.97 Å². The Kier molecular flexibility index (Phi) is 3.67. The van der Waals surface area contributed by atoms with Crippen molar-refractivity contribution in [2.45, 2.75) is 25.8 Å². The van der Waals surface area contributed by atoms with Crippen molar-refractivity contribution in [2.75, 3.05) is 40.0 Å². The Bertz CT molecular complexity index is 327. The molecule has 0 aromatic carbocycles. The molecule has 0 aromatic rings. The van der Waals surface area contributed by atoms with Crippen LogP contribution in [0.5, 0.6) is 0 Å². The van der Waals surface area contributed by atoms with Crippen LogP contribution in [0.4, 0.5) is 0 Å². The first kappa shape index (κ1) is 13.8. The Balaban J connectivity index is 2.13. The van der Waals surface area contributed by atoms with Crippen molar-refractivity contribution in [3.63, 3.8) is 0 Å². The second-order valence-corrected chi connectivity index (χ2v) is 6.33. The lowest BCUT2D eigenvalue weighted by molar-refractivity contribution is -0.161. The number of hydrogen-bond donors (Lipinski definition) is 1. The van der Waals surface area contributed by atoms with Crippen LogP contribution in [-0.2, 0) is 14.3 Å². The van der Waals surface area contributed by atoms with Gasteiger partial charge in [-0.3, -0.25) is 9.69 Å². The average molecular weight is 256 g/mol. The summed E-state index contributed by atoms with van der Waals surface area (Å²) in [5.41, 5.74) is 5.45. The monoisotopic (exact) mass is 256 g/mol. The van der Waals surface area contributed by atoms with E-state index in [0.29, 0.717) is 13.2 Å². The number of carbonyl (C=O) groups excluding carboxylic acids is 1. The molecule has 0 aromatic heterocycles. The van der Waals surface area contributed by atoms with E-state index < -0.39 is 0 Å². The molecule has 2 atom stereocenters. The van der Waals surface area contributed by atoms with Crippen LogP contribution in [0, 0.1) is 11.3 Å². The highest BCUT2D eigenvalue weighted by molar-refractivity contribution is 5.78. The Labute approximate surface area is 109 Å². The molecule has 2 heterocycles. The minimum Gasteiger partial charge on any atom is -0.469 e. The average Bonchev–Trinajstić information content (AvgIpc) is 2.64. The molecule has 5 heteroatoms. The minimum absolute atomic E-state index is 0.0897. The van der Waals surface area contributed by atoms with E-state index in [0.717, 1.165) is 26.1 Å². The molecule has 0 bridgehead atoms.